The number of hydrogen-bond donors (Lipinski definition) is 1. The largest absolute Gasteiger partial charge is 0.489 e. The van der Waals surface area contributed by atoms with E-state index in [9.17, 15) is 14.7 Å². The number of carbonyl (C=O) groups excluding carboxylic acids is 2. The smallest absolute Gasteiger partial charge is 0.410 e. The van der Waals surface area contributed by atoms with Crippen molar-refractivity contribution < 1.29 is 28.9 Å². The average molecular weight is 414 g/mol. The van der Waals surface area contributed by atoms with Crippen LogP contribution in [0.5, 0.6) is 5.75 Å². The minimum Gasteiger partial charge on any atom is -0.489 e. The molecule has 0 spiro atoms. The fraction of sp³-hybridized carbons (Fsp3) is 0.529. The molecule has 7 nitrogen and oxygen atoms in total. The highest BCUT2D eigenvalue weighted by molar-refractivity contribution is 9.10. The summed E-state index contributed by atoms with van der Waals surface area (Å²) in [7, 11) is 0. The van der Waals surface area contributed by atoms with Gasteiger partial charge in [-0.2, -0.15) is 0 Å². The number of esters is 1. The number of hydrogen-bond acceptors (Lipinski definition) is 6. The number of halogens is 1. The predicted octanol–water partition coefficient (Wildman–Crippen LogP) is 2.48. The molecule has 1 aromatic rings. The molecule has 0 bridgehead atoms. The molecule has 2 aliphatic rings. The van der Waals surface area contributed by atoms with Crippen molar-refractivity contribution in [1.82, 2.24) is 4.90 Å². The van der Waals surface area contributed by atoms with E-state index in [0.717, 1.165) is 5.56 Å². The highest BCUT2D eigenvalue weighted by Crippen LogP contribution is 2.33. The van der Waals surface area contributed by atoms with Crippen molar-refractivity contribution in [3.8, 4) is 5.75 Å². The number of cyclic esters (lactones) is 1. The summed E-state index contributed by atoms with van der Waals surface area (Å²) in [6.45, 7) is 5.88. The molecule has 136 valence electrons. The summed E-state index contributed by atoms with van der Waals surface area (Å²) < 4.78 is 16.6. The summed E-state index contributed by atoms with van der Waals surface area (Å²) in [5.74, 6) is 0.0625. The normalized spacial score (nSPS) is 18.3. The van der Waals surface area contributed by atoms with Crippen molar-refractivity contribution in [2.75, 3.05) is 19.7 Å². The van der Waals surface area contributed by atoms with Gasteiger partial charge in [-0.05, 0) is 48.8 Å². The summed E-state index contributed by atoms with van der Waals surface area (Å²) in [4.78, 5) is 25.0. The number of benzene rings is 1. The molecule has 1 fully saturated rings. The third-order valence-electron chi connectivity index (χ3n) is 3.85. The second-order valence-electron chi connectivity index (χ2n) is 7.37. The average Bonchev–Trinajstić information content (AvgIpc) is 2.80. The summed E-state index contributed by atoms with van der Waals surface area (Å²) in [5, 5.41) is 10.4. The van der Waals surface area contributed by atoms with Gasteiger partial charge in [0.05, 0.1) is 23.1 Å². The lowest BCUT2D eigenvalue weighted by Gasteiger charge is -2.45. The quantitative estimate of drug-likeness (QED) is 0.766. The van der Waals surface area contributed by atoms with E-state index in [2.05, 4.69) is 15.9 Å². The summed E-state index contributed by atoms with van der Waals surface area (Å²) in [6.07, 6.45) is -0.460. The van der Waals surface area contributed by atoms with Gasteiger partial charge in [0.15, 0.2) is 0 Å². The van der Waals surface area contributed by atoms with Crippen LogP contribution in [0.4, 0.5) is 4.79 Å². The molecule has 2 heterocycles. The van der Waals surface area contributed by atoms with Crippen LogP contribution in [0.25, 0.3) is 0 Å². The van der Waals surface area contributed by atoms with Crippen LogP contribution in [0.15, 0.2) is 16.6 Å². The van der Waals surface area contributed by atoms with Crippen LogP contribution in [0.3, 0.4) is 0 Å². The third-order valence-corrected chi connectivity index (χ3v) is 4.47. The van der Waals surface area contributed by atoms with E-state index in [4.69, 9.17) is 14.2 Å². The number of aliphatic hydroxyl groups is 1. The molecule has 0 unspecified atom stereocenters. The molecule has 8 heteroatoms. The van der Waals surface area contributed by atoms with Gasteiger partial charge in [-0.1, -0.05) is 0 Å². The maximum atomic E-state index is 11.9. The first-order valence-corrected chi connectivity index (χ1v) is 8.68. The molecule has 0 radical (unpaired) electrons. The highest BCUT2D eigenvalue weighted by Gasteiger charge is 2.46. The molecule has 3 rings (SSSR count). The van der Waals surface area contributed by atoms with E-state index < -0.39 is 17.3 Å². The van der Waals surface area contributed by atoms with Crippen molar-refractivity contribution in [3.05, 3.63) is 27.7 Å². The van der Waals surface area contributed by atoms with E-state index in [-0.39, 0.29) is 32.3 Å². The fourth-order valence-electron chi connectivity index (χ4n) is 2.66. The van der Waals surface area contributed by atoms with Gasteiger partial charge < -0.3 is 24.2 Å². The zero-order valence-electron chi connectivity index (χ0n) is 14.3. The van der Waals surface area contributed by atoms with Gasteiger partial charge >= 0.3 is 12.1 Å². The Morgan fingerprint density at radius 3 is 2.72 bits per heavy atom. The lowest BCUT2D eigenvalue weighted by Crippen LogP contribution is -2.66. The van der Waals surface area contributed by atoms with Gasteiger partial charge in [0.1, 0.15) is 30.2 Å². The Morgan fingerprint density at radius 2 is 2.08 bits per heavy atom. The number of carbonyl (C=O) groups is 2. The second-order valence-corrected chi connectivity index (χ2v) is 8.22. The van der Waals surface area contributed by atoms with Gasteiger partial charge in [0, 0.05) is 5.56 Å². The molecular formula is C17H20BrNO6. The van der Waals surface area contributed by atoms with Crippen LogP contribution < -0.4 is 4.74 Å². The van der Waals surface area contributed by atoms with Crippen LogP contribution in [0.2, 0.25) is 0 Å². The van der Waals surface area contributed by atoms with Crippen molar-refractivity contribution in [1.29, 1.82) is 0 Å². The standard InChI is InChI=1S/C17H20BrNO6/c1-16(2,3)25-15(21)19-7-17(22,8-19)9-24-13-5-11-10(4-12(13)18)6-23-14(11)20/h4-5,22H,6-9H2,1-3H3. The Balaban J connectivity index is 1.57. The lowest BCUT2D eigenvalue weighted by atomic mass is 9.96. The van der Waals surface area contributed by atoms with E-state index in [1.165, 1.54) is 4.90 Å². The number of ether oxygens (including phenoxy) is 3. The van der Waals surface area contributed by atoms with Crippen molar-refractivity contribution in [2.24, 2.45) is 0 Å². The van der Waals surface area contributed by atoms with Crippen LogP contribution in [-0.2, 0) is 16.1 Å². The number of likely N-dealkylation sites (tertiary alicyclic amines) is 1. The van der Waals surface area contributed by atoms with Gasteiger partial charge in [-0.25, -0.2) is 9.59 Å². The lowest BCUT2D eigenvalue weighted by molar-refractivity contribution is -0.117. The Morgan fingerprint density at radius 1 is 1.40 bits per heavy atom. The third kappa shape index (κ3) is 3.90. The summed E-state index contributed by atoms with van der Waals surface area (Å²) in [6, 6.07) is 3.37. The first kappa shape index (κ1) is 18.0. The molecule has 1 aromatic carbocycles. The minimum atomic E-state index is -1.14. The fourth-order valence-corrected chi connectivity index (χ4v) is 3.16. The minimum absolute atomic E-state index is 0.00126. The van der Waals surface area contributed by atoms with E-state index >= 15 is 0 Å². The first-order valence-electron chi connectivity index (χ1n) is 7.89. The molecule has 1 N–H and O–H groups in total. The topological polar surface area (TPSA) is 85.3 Å². The Bertz CT molecular complexity index is 721. The van der Waals surface area contributed by atoms with E-state index in [1.54, 1.807) is 32.9 Å². The van der Waals surface area contributed by atoms with Gasteiger partial charge in [0.25, 0.3) is 0 Å². The zero-order valence-corrected chi connectivity index (χ0v) is 15.9. The number of β-amino-alcohol motifs (C(OH)–C–C–N with tert-alkyl or cyclic N) is 1. The van der Waals surface area contributed by atoms with Gasteiger partial charge in [-0.15, -0.1) is 0 Å². The van der Waals surface area contributed by atoms with E-state index in [0.29, 0.717) is 15.8 Å². The maximum absolute atomic E-state index is 11.9. The monoisotopic (exact) mass is 413 g/mol. The van der Waals surface area contributed by atoms with Gasteiger partial charge in [0.2, 0.25) is 0 Å². The van der Waals surface area contributed by atoms with Crippen LogP contribution >= 0.6 is 15.9 Å². The number of rotatable bonds is 3. The van der Waals surface area contributed by atoms with E-state index in [1.807, 2.05) is 0 Å². The van der Waals surface area contributed by atoms with Crippen molar-refractivity contribution in [3.63, 3.8) is 0 Å². The number of amides is 1. The van der Waals surface area contributed by atoms with Crippen LogP contribution in [-0.4, -0.2) is 53.0 Å². The molecule has 0 saturated carbocycles. The molecule has 0 aromatic heterocycles. The van der Waals surface area contributed by atoms with Crippen LogP contribution in [0, 0.1) is 0 Å². The van der Waals surface area contributed by atoms with Crippen molar-refractivity contribution in [2.45, 2.75) is 38.6 Å². The Labute approximate surface area is 154 Å². The van der Waals surface area contributed by atoms with Crippen molar-refractivity contribution >= 4 is 28.0 Å². The molecule has 1 amide bonds. The Hall–Kier alpha value is -1.80. The van der Waals surface area contributed by atoms with Crippen LogP contribution in [0.1, 0.15) is 36.7 Å². The summed E-state index contributed by atoms with van der Waals surface area (Å²) >= 11 is 3.39. The zero-order chi connectivity index (χ0) is 18.4. The highest BCUT2D eigenvalue weighted by atomic mass is 79.9. The van der Waals surface area contributed by atoms with Gasteiger partial charge in [-0.3, -0.25) is 0 Å². The summed E-state index contributed by atoms with van der Waals surface area (Å²) in [5.41, 5.74) is -0.460. The first-order chi connectivity index (χ1) is 11.6. The Kier molecular flexibility index (Phi) is 4.45. The predicted molar refractivity (Wildman–Crippen MR) is 91.5 cm³/mol. The molecule has 0 atom stereocenters. The molecule has 2 aliphatic heterocycles. The molecule has 1 saturated heterocycles. The number of nitrogens with zero attached hydrogens (tertiary/aromatic N) is 1. The molecular weight excluding hydrogens is 394 g/mol. The maximum Gasteiger partial charge on any atom is 0.410 e. The second kappa shape index (κ2) is 6.17. The number of fused-ring (bicyclic) bond motifs is 1. The SMILES string of the molecule is CC(C)(C)OC(=O)N1CC(O)(COc2cc3c(cc2Br)COC3=O)C1. The molecule has 25 heavy (non-hydrogen) atoms. The molecule has 0 aliphatic carbocycles.